The number of carbonyl (C=O) groups excluding carboxylic acids is 1. The van der Waals surface area contributed by atoms with Crippen molar-refractivity contribution in [2.75, 3.05) is 26.5 Å². The molecule has 6 heteroatoms. The van der Waals surface area contributed by atoms with E-state index in [4.69, 9.17) is 9.47 Å². The summed E-state index contributed by atoms with van der Waals surface area (Å²) in [5.74, 6) is 2.38. The third-order valence-corrected chi connectivity index (χ3v) is 5.39. The van der Waals surface area contributed by atoms with Crippen LogP contribution in [-0.4, -0.2) is 37.4 Å². The molecule has 1 atom stereocenters. The number of carbonyl (C=O) groups is 1. The molecule has 0 aromatic heterocycles. The molecule has 0 bridgehead atoms. The smallest absolute Gasteiger partial charge is 0.318 e. The summed E-state index contributed by atoms with van der Waals surface area (Å²) >= 11 is 1.74. The van der Waals surface area contributed by atoms with E-state index < -0.39 is 0 Å². The van der Waals surface area contributed by atoms with Crippen LogP contribution in [-0.2, 0) is 6.54 Å². The van der Waals surface area contributed by atoms with Crippen molar-refractivity contribution in [3.05, 3.63) is 59.7 Å². The number of ether oxygens (including phenoxy) is 2. The third-order valence-electron chi connectivity index (χ3n) is 4.15. The van der Waals surface area contributed by atoms with E-state index in [1.54, 1.807) is 26.0 Å². The first kappa shape index (κ1) is 17.5. The first-order valence-corrected chi connectivity index (χ1v) is 9.19. The van der Waals surface area contributed by atoms with E-state index in [1.807, 2.05) is 53.4 Å². The number of thioether (sulfide) groups is 1. The molecule has 0 radical (unpaired) electrons. The molecule has 0 saturated carbocycles. The van der Waals surface area contributed by atoms with Gasteiger partial charge in [0.25, 0.3) is 0 Å². The number of amides is 2. The van der Waals surface area contributed by atoms with Crippen LogP contribution in [0.15, 0.2) is 48.5 Å². The summed E-state index contributed by atoms with van der Waals surface area (Å²) in [6.07, 6.45) is 0. The van der Waals surface area contributed by atoms with Crippen molar-refractivity contribution in [1.82, 2.24) is 10.2 Å². The van der Waals surface area contributed by atoms with Crippen LogP contribution in [0.25, 0.3) is 0 Å². The van der Waals surface area contributed by atoms with E-state index in [0.29, 0.717) is 13.1 Å². The Labute approximate surface area is 152 Å². The maximum Gasteiger partial charge on any atom is 0.318 e. The van der Waals surface area contributed by atoms with E-state index >= 15 is 0 Å². The fraction of sp³-hybridized carbons (Fsp3) is 0.316. The monoisotopic (exact) mass is 358 g/mol. The average Bonchev–Trinajstić information content (AvgIpc) is 3.16. The molecule has 1 N–H and O–H groups in total. The Hall–Kier alpha value is -2.34. The number of hydrogen-bond acceptors (Lipinski definition) is 4. The first-order valence-electron chi connectivity index (χ1n) is 8.15. The number of hydrogen-bond donors (Lipinski definition) is 1. The summed E-state index contributed by atoms with van der Waals surface area (Å²) in [6, 6.07) is 15.6. The van der Waals surface area contributed by atoms with Crippen LogP contribution in [0.4, 0.5) is 4.79 Å². The minimum atomic E-state index is -0.0587. The fourth-order valence-corrected chi connectivity index (χ4v) is 4.11. The number of urea groups is 1. The number of methoxy groups -OCH3 is 2. The lowest BCUT2D eigenvalue weighted by molar-refractivity contribution is 0.199. The van der Waals surface area contributed by atoms with E-state index in [1.165, 1.54) is 0 Å². The molecule has 5 nitrogen and oxygen atoms in total. The second-order valence-electron chi connectivity index (χ2n) is 5.67. The minimum absolute atomic E-state index is 0.0586. The molecule has 1 fully saturated rings. The fourth-order valence-electron chi connectivity index (χ4n) is 2.83. The van der Waals surface area contributed by atoms with Crippen molar-refractivity contribution in [3.63, 3.8) is 0 Å². The SMILES string of the molecule is COc1ccc([C@@H]2SCCN2C(=O)NCc2ccccc2)c(OC)c1. The predicted octanol–water partition coefficient (Wildman–Crippen LogP) is 3.66. The molecular formula is C19H22N2O3S. The maximum absolute atomic E-state index is 12.7. The highest BCUT2D eigenvalue weighted by Crippen LogP contribution is 2.42. The van der Waals surface area contributed by atoms with Crippen LogP contribution >= 0.6 is 11.8 Å². The summed E-state index contributed by atoms with van der Waals surface area (Å²) in [7, 11) is 3.26. The van der Waals surface area contributed by atoms with Gasteiger partial charge in [-0.2, -0.15) is 0 Å². The zero-order chi connectivity index (χ0) is 17.6. The van der Waals surface area contributed by atoms with Crippen LogP contribution in [0, 0.1) is 0 Å². The molecule has 1 saturated heterocycles. The standard InChI is InChI=1S/C19H22N2O3S/c1-23-15-8-9-16(17(12-15)24-2)18-21(10-11-25-18)19(22)20-13-14-6-4-3-5-7-14/h3-9,12,18H,10-11,13H2,1-2H3,(H,20,22)/t18-/m0/s1. The largest absolute Gasteiger partial charge is 0.497 e. The van der Waals surface area contributed by atoms with E-state index in [9.17, 15) is 4.79 Å². The van der Waals surface area contributed by atoms with Gasteiger partial charge in [0.05, 0.1) is 14.2 Å². The molecule has 1 aliphatic heterocycles. The highest BCUT2D eigenvalue weighted by molar-refractivity contribution is 7.99. The quantitative estimate of drug-likeness (QED) is 0.886. The zero-order valence-corrected chi connectivity index (χ0v) is 15.2. The van der Waals surface area contributed by atoms with Crippen LogP contribution in [0.3, 0.4) is 0 Å². The van der Waals surface area contributed by atoms with Crippen LogP contribution in [0.5, 0.6) is 11.5 Å². The Morgan fingerprint density at radius 2 is 2.00 bits per heavy atom. The number of rotatable bonds is 5. The van der Waals surface area contributed by atoms with Gasteiger partial charge in [0.1, 0.15) is 16.9 Å². The molecule has 2 amide bonds. The van der Waals surface area contributed by atoms with Gasteiger partial charge in [-0.25, -0.2) is 4.79 Å². The Bertz CT molecular complexity index is 724. The second kappa shape index (κ2) is 8.16. The normalized spacial score (nSPS) is 16.6. The second-order valence-corrected chi connectivity index (χ2v) is 6.86. The first-order chi connectivity index (χ1) is 12.2. The van der Waals surface area contributed by atoms with Crippen molar-refractivity contribution in [3.8, 4) is 11.5 Å². The van der Waals surface area contributed by atoms with Crippen molar-refractivity contribution in [1.29, 1.82) is 0 Å². The van der Waals surface area contributed by atoms with Gasteiger partial charge in [0, 0.05) is 30.5 Å². The summed E-state index contributed by atoms with van der Waals surface area (Å²) in [4.78, 5) is 14.5. The molecule has 25 heavy (non-hydrogen) atoms. The number of benzene rings is 2. The summed E-state index contributed by atoms with van der Waals surface area (Å²) in [5.41, 5.74) is 2.07. The van der Waals surface area contributed by atoms with Crippen molar-refractivity contribution >= 4 is 17.8 Å². The van der Waals surface area contributed by atoms with Gasteiger partial charge in [-0.1, -0.05) is 30.3 Å². The molecule has 1 aliphatic rings. The highest BCUT2D eigenvalue weighted by Gasteiger charge is 2.32. The number of nitrogens with zero attached hydrogens (tertiary/aromatic N) is 1. The molecule has 132 valence electrons. The lowest BCUT2D eigenvalue weighted by atomic mass is 10.1. The Balaban J connectivity index is 1.73. The molecule has 1 heterocycles. The zero-order valence-electron chi connectivity index (χ0n) is 14.4. The maximum atomic E-state index is 12.7. The molecule has 2 aromatic rings. The predicted molar refractivity (Wildman–Crippen MR) is 100 cm³/mol. The Morgan fingerprint density at radius 3 is 2.72 bits per heavy atom. The summed E-state index contributed by atoms with van der Waals surface area (Å²) in [6.45, 7) is 1.23. The molecule has 0 spiro atoms. The van der Waals surface area contributed by atoms with Gasteiger partial charge in [0.15, 0.2) is 0 Å². The lowest BCUT2D eigenvalue weighted by Gasteiger charge is -2.26. The number of nitrogens with one attached hydrogen (secondary N) is 1. The van der Waals surface area contributed by atoms with Gasteiger partial charge in [-0.05, 0) is 17.7 Å². The van der Waals surface area contributed by atoms with Crippen molar-refractivity contribution < 1.29 is 14.3 Å². The van der Waals surface area contributed by atoms with Gasteiger partial charge < -0.3 is 19.7 Å². The average molecular weight is 358 g/mol. The highest BCUT2D eigenvalue weighted by atomic mass is 32.2. The van der Waals surface area contributed by atoms with E-state index in [2.05, 4.69) is 5.32 Å². The third kappa shape index (κ3) is 4.02. The summed E-state index contributed by atoms with van der Waals surface area (Å²) < 4.78 is 10.8. The van der Waals surface area contributed by atoms with E-state index in [0.717, 1.165) is 28.4 Å². The van der Waals surface area contributed by atoms with Crippen molar-refractivity contribution in [2.24, 2.45) is 0 Å². The van der Waals surface area contributed by atoms with E-state index in [-0.39, 0.29) is 11.4 Å². The lowest BCUT2D eigenvalue weighted by Crippen LogP contribution is -2.39. The van der Waals surface area contributed by atoms with Gasteiger partial charge in [-0.3, -0.25) is 0 Å². The van der Waals surface area contributed by atoms with Gasteiger partial charge in [-0.15, -0.1) is 11.8 Å². The van der Waals surface area contributed by atoms with Gasteiger partial charge in [0.2, 0.25) is 0 Å². The van der Waals surface area contributed by atoms with Crippen LogP contribution in [0.2, 0.25) is 0 Å². The van der Waals surface area contributed by atoms with Crippen LogP contribution in [0.1, 0.15) is 16.5 Å². The van der Waals surface area contributed by atoms with Crippen LogP contribution < -0.4 is 14.8 Å². The topological polar surface area (TPSA) is 50.8 Å². The Morgan fingerprint density at radius 1 is 1.20 bits per heavy atom. The Kier molecular flexibility index (Phi) is 5.71. The molecular weight excluding hydrogens is 336 g/mol. The summed E-state index contributed by atoms with van der Waals surface area (Å²) in [5, 5.41) is 2.95. The van der Waals surface area contributed by atoms with Gasteiger partial charge >= 0.3 is 6.03 Å². The molecule has 0 aliphatic carbocycles. The molecule has 3 rings (SSSR count). The molecule has 2 aromatic carbocycles. The molecule has 0 unspecified atom stereocenters. The minimum Gasteiger partial charge on any atom is -0.497 e. The van der Waals surface area contributed by atoms with Crippen molar-refractivity contribution in [2.45, 2.75) is 11.9 Å².